The first-order valence-electron chi connectivity index (χ1n) is 6.62. The van der Waals surface area contributed by atoms with E-state index < -0.39 is 0 Å². The van der Waals surface area contributed by atoms with Gasteiger partial charge < -0.3 is 10.6 Å². The van der Waals surface area contributed by atoms with Crippen molar-refractivity contribution in [3.8, 4) is 0 Å². The summed E-state index contributed by atoms with van der Waals surface area (Å²) in [5, 5.41) is 5.68. The molecule has 0 aromatic heterocycles. The second-order valence-corrected chi connectivity index (χ2v) is 5.71. The third-order valence-corrected chi connectivity index (χ3v) is 4.08. The number of anilines is 2. The SMILES string of the molecule is O=C1CCc2cc(C(=O)Nc3ccccc3Br)ccc2N1. The molecule has 1 heterocycles. The number of halogens is 1. The highest BCUT2D eigenvalue weighted by Crippen LogP contribution is 2.25. The number of hydrogen-bond acceptors (Lipinski definition) is 2. The van der Waals surface area contributed by atoms with Gasteiger partial charge in [-0.25, -0.2) is 0 Å². The molecule has 2 aromatic carbocycles. The fourth-order valence-electron chi connectivity index (χ4n) is 2.28. The van der Waals surface area contributed by atoms with Crippen LogP contribution in [-0.4, -0.2) is 11.8 Å². The fraction of sp³-hybridized carbons (Fsp3) is 0.125. The van der Waals surface area contributed by atoms with Crippen molar-refractivity contribution in [2.24, 2.45) is 0 Å². The molecule has 106 valence electrons. The van der Waals surface area contributed by atoms with Crippen molar-refractivity contribution in [2.75, 3.05) is 10.6 Å². The van der Waals surface area contributed by atoms with Crippen LogP contribution in [0, 0.1) is 0 Å². The lowest BCUT2D eigenvalue weighted by Gasteiger charge is -2.17. The van der Waals surface area contributed by atoms with Crippen molar-refractivity contribution in [3.05, 3.63) is 58.1 Å². The average molecular weight is 345 g/mol. The maximum absolute atomic E-state index is 12.3. The molecule has 21 heavy (non-hydrogen) atoms. The Morgan fingerprint density at radius 3 is 2.76 bits per heavy atom. The van der Waals surface area contributed by atoms with Crippen molar-refractivity contribution < 1.29 is 9.59 Å². The van der Waals surface area contributed by atoms with Crippen LogP contribution in [0.15, 0.2) is 46.9 Å². The van der Waals surface area contributed by atoms with Crippen molar-refractivity contribution in [2.45, 2.75) is 12.8 Å². The van der Waals surface area contributed by atoms with E-state index in [9.17, 15) is 9.59 Å². The summed E-state index contributed by atoms with van der Waals surface area (Å²) in [6, 6.07) is 12.8. The van der Waals surface area contributed by atoms with Crippen molar-refractivity contribution >= 4 is 39.1 Å². The average Bonchev–Trinajstić information content (AvgIpc) is 2.49. The Kier molecular flexibility index (Phi) is 3.75. The Hall–Kier alpha value is -2.14. The molecule has 0 bridgehead atoms. The highest BCUT2D eigenvalue weighted by atomic mass is 79.9. The predicted octanol–water partition coefficient (Wildman–Crippen LogP) is 3.59. The van der Waals surface area contributed by atoms with Crippen LogP contribution in [-0.2, 0) is 11.2 Å². The van der Waals surface area contributed by atoms with Crippen LogP contribution in [0.2, 0.25) is 0 Å². The van der Waals surface area contributed by atoms with Gasteiger partial charge in [0.2, 0.25) is 5.91 Å². The molecule has 2 N–H and O–H groups in total. The third kappa shape index (κ3) is 2.97. The molecule has 0 saturated heterocycles. The van der Waals surface area contributed by atoms with E-state index in [4.69, 9.17) is 0 Å². The van der Waals surface area contributed by atoms with E-state index >= 15 is 0 Å². The molecule has 0 fully saturated rings. The Labute approximate surface area is 130 Å². The number of amides is 2. The molecule has 1 aliphatic heterocycles. The van der Waals surface area contributed by atoms with Gasteiger partial charge in [0.25, 0.3) is 5.91 Å². The lowest BCUT2D eigenvalue weighted by molar-refractivity contribution is -0.116. The summed E-state index contributed by atoms with van der Waals surface area (Å²) < 4.78 is 0.837. The molecule has 3 rings (SSSR count). The molecule has 0 unspecified atom stereocenters. The summed E-state index contributed by atoms with van der Waals surface area (Å²) in [5.74, 6) is -0.144. The summed E-state index contributed by atoms with van der Waals surface area (Å²) in [7, 11) is 0. The molecule has 0 spiro atoms. The molecule has 0 radical (unpaired) electrons. The Morgan fingerprint density at radius 2 is 1.95 bits per heavy atom. The van der Waals surface area contributed by atoms with Gasteiger partial charge in [0.15, 0.2) is 0 Å². The van der Waals surface area contributed by atoms with Gasteiger partial charge in [0.05, 0.1) is 5.69 Å². The quantitative estimate of drug-likeness (QED) is 0.874. The third-order valence-electron chi connectivity index (χ3n) is 3.38. The summed E-state index contributed by atoms with van der Waals surface area (Å²) in [6.07, 6.45) is 1.12. The number of nitrogens with one attached hydrogen (secondary N) is 2. The number of aryl methyl sites for hydroxylation is 1. The van der Waals surface area contributed by atoms with E-state index in [1.807, 2.05) is 30.3 Å². The molecule has 0 atom stereocenters. The number of benzene rings is 2. The topological polar surface area (TPSA) is 58.2 Å². The van der Waals surface area contributed by atoms with Crippen molar-refractivity contribution in [1.82, 2.24) is 0 Å². The van der Waals surface area contributed by atoms with E-state index in [0.717, 1.165) is 21.4 Å². The lowest BCUT2D eigenvalue weighted by Crippen LogP contribution is -2.20. The largest absolute Gasteiger partial charge is 0.326 e. The van der Waals surface area contributed by atoms with Gasteiger partial charge in [0.1, 0.15) is 0 Å². The molecule has 2 amide bonds. The summed E-state index contributed by atoms with van der Waals surface area (Å²) >= 11 is 3.40. The minimum Gasteiger partial charge on any atom is -0.326 e. The molecule has 2 aromatic rings. The second-order valence-electron chi connectivity index (χ2n) is 4.85. The van der Waals surface area contributed by atoms with Crippen LogP contribution in [0.25, 0.3) is 0 Å². The first kappa shape index (κ1) is 13.8. The number of carbonyl (C=O) groups excluding carboxylic acids is 2. The minimum absolute atomic E-state index is 0.0212. The monoisotopic (exact) mass is 344 g/mol. The van der Waals surface area contributed by atoms with Crippen LogP contribution >= 0.6 is 15.9 Å². The van der Waals surface area contributed by atoms with Gasteiger partial charge in [-0.2, -0.15) is 0 Å². The molecule has 4 nitrogen and oxygen atoms in total. The van der Waals surface area contributed by atoms with Gasteiger partial charge in [-0.3, -0.25) is 9.59 Å². The Balaban J connectivity index is 1.83. The van der Waals surface area contributed by atoms with Gasteiger partial charge in [0, 0.05) is 22.1 Å². The highest BCUT2D eigenvalue weighted by molar-refractivity contribution is 9.10. The number of para-hydroxylation sites is 1. The van der Waals surface area contributed by atoms with Gasteiger partial charge in [-0.05, 0) is 58.2 Å². The summed E-state index contributed by atoms with van der Waals surface area (Å²) in [4.78, 5) is 23.6. The first-order chi connectivity index (χ1) is 10.1. The van der Waals surface area contributed by atoms with Crippen molar-refractivity contribution in [3.63, 3.8) is 0 Å². The molecular formula is C16H13BrN2O2. The zero-order valence-corrected chi connectivity index (χ0v) is 12.7. The van der Waals surface area contributed by atoms with Gasteiger partial charge in [-0.15, -0.1) is 0 Å². The first-order valence-corrected chi connectivity index (χ1v) is 7.41. The van der Waals surface area contributed by atoms with E-state index in [1.165, 1.54) is 0 Å². The van der Waals surface area contributed by atoms with Crippen molar-refractivity contribution in [1.29, 1.82) is 0 Å². The zero-order valence-electron chi connectivity index (χ0n) is 11.2. The lowest BCUT2D eigenvalue weighted by atomic mass is 10.00. The standard InChI is InChI=1S/C16H13BrN2O2/c17-12-3-1-2-4-14(12)19-16(21)11-5-7-13-10(9-11)6-8-15(20)18-13/h1-5,7,9H,6,8H2,(H,18,20)(H,19,21). The van der Waals surface area contributed by atoms with Crippen LogP contribution in [0.4, 0.5) is 11.4 Å². The fourth-order valence-corrected chi connectivity index (χ4v) is 2.67. The predicted molar refractivity (Wildman–Crippen MR) is 85.5 cm³/mol. The number of hydrogen-bond donors (Lipinski definition) is 2. The molecular weight excluding hydrogens is 332 g/mol. The van der Waals surface area contributed by atoms with Crippen LogP contribution in [0.5, 0.6) is 0 Å². The summed E-state index contributed by atoms with van der Waals surface area (Å²) in [5.41, 5.74) is 3.10. The molecule has 1 aliphatic rings. The normalized spacial score (nSPS) is 13.3. The highest BCUT2D eigenvalue weighted by Gasteiger charge is 2.17. The number of fused-ring (bicyclic) bond motifs is 1. The van der Waals surface area contributed by atoms with Crippen LogP contribution < -0.4 is 10.6 Å². The molecule has 0 aliphatic carbocycles. The van der Waals surface area contributed by atoms with Crippen LogP contribution in [0.3, 0.4) is 0 Å². The smallest absolute Gasteiger partial charge is 0.255 e. The molecule has 5 heteroatoms. The number of rotatable bonds is 2. The minimum atomic E-state index is -0.165. The summed E-state index contributed by atoms with van der Waals surface area (Å²) in [6.45, 7) is 0. The maximum Gasteiger partial charge on any atom is 0.255 e. The van der Waals surface area contributed by atoms with Crippen LogP contribution in [0.1, 0.15) is 22.3 Å². The Morgan fingerprint density at radius 1 is 1.14 bits per heavy atom. The van der Waals surface area contributed by atoms with Gasteiger partial charge in [-0.1, -0.05) is 12.1 Å². The zero-order chi connectivity index (χ0) is 14.8. The van der Waals surface area contributed by atoms with E-state index in [-0.39, 0.29) is 11.8 Å². The maximum atomic E-state index is 12.3. The Bertz CT molecular complexity index is 728. The van der Waals surface area contributed by atoms with Gasteiger partial charge >= 0.3 is 0 Å². The van der Waals surface area contributed by atoms with E-state index in [0.29, 0.717) is 18.4 Å². The van der Waals surface area contributed by atoms with E-state index in [2.05, 4.69) is 26.6 Å². The second kappa shape index (κ2) is 5.69. The molecule has 0 saturated carbocycles. The van der Waals surface area contributed by atoms with E-state index in [1.54, 1.807) is 12.1 Å². The number of carbonyl (C=O) groups is 2.